The Balaban J connectivity index is 2.20. The first-order valence-corrected chi connectivity index (χ1v) is 6.24. The van der Waals surface area contributed by atoms with Gasteiger partial charge in [0.2, 0.25) is 0 Å². The number of carboxylic acids is 1. The fraction of sp³-hybridized carbons (Fsp3) is 0.167. The summed E-state index contributed by atoms with van der Waals surface area (Å²) in [6.45, 7) is -2.98. The van der Waals surface area contributed by atoms with Gasteiger partial charge in [-0.2, -0.15) is 8.78 Å². The van der Waals surface area contributed by atoms with Crippen LogP contribution in [0.15, 0.2) is 35.1 Å². The van der Waals surface area contributed by atoms with Gasteiger partial charge >= 0.3 is 12.5 Å². The molecule has 20 heavy (non-hydrogen) atoms. The van der Waals surface area contributed by atoms with Crippen molar-refractivity contribution >= 4 is 21.9 Å². The van der Waals surface area contributed by atoms with Gasteiger partial charge in [-0.3, -0.25) is 4.57 Å². The summed E-state index contributed by atoms with van der Waals surface area (Å²) in [7, 11) is 0. The average molecular weight is 347 g/mol. The van der Waals surface area contributed by atoms with E-state index in [-0.39, 0.29) is 23.7 Å². The van der Waals surface area contributed by atoms with Gasteiger partial charge in [0.05, 0.1) is 0 Å². The van der Waals surface area contributed by atoms with Gasteiger partial charge in [-0.1, -0.05) is 15.9 Å². The second-order valence-corrected chi connectivity index (χ2v) is 4.68. The minimum absolute atomic E-state index is 0.0105. The van der Waals surface area contributed by atoms with Gasteiger partial charge in [0, 0.05) is 16.9 Å². The van der Waals surface area contributed by atoms with Crippen LogP contribution in [0.1, 0.15) is 22.7 Å². The molecule has 0 amide bonds. The molecule has 106 valence electrons. The van der Waals surface area contributed by atoms with Crippen LogP contribution < -0.4 is 4.74 Å². The zero-order chi connectivity index (χ0) is 14.7. The Morgan fingerprint density at radius 1 is 1.50 bits per heavy atom. The summed E-state index contributed by atoms with van der Waals surface area (Å²) in [6.07, 6.45) is 2.35. The van der Waals surface area contributed by atoms with Crippen molar-refractivity contribution < 1.29 is 23.4 Å². The Morgan fingerprint density at radius 3 is 2.90 bits per heavy atom. The average Bonchev–Trinajstić information content (AvgIpc) is 2.84. The van der Waals surface area contributed by atoms with Gasteiger partial charge in [0.15, 0.2) is 5.82 Å². The Hall–Kier alpha value is -1.96. The lowest BCUT2D eigenvalue weighted by Gasteiger charge is -2.10. The molecule has 0 spiro atoms. The first kappa shape index (κ1) is 14.4. The van der Waals surface area contributed by atoms with Crippen LogP contribution in [0, 0.1) is 0 Å². The standard InChI is InChI=1S/C12H9BrF2N2O3/c13-7-1-2-8(11(18)19)9(5-7)20-6-10-16-3-4-17(10)12(14)15/h1-5,12H,6H2,(H,18,19). The van der Waals surface area contributed by atoms with Gasteiger partial charge in [-0.25, -0.2) is 9.78 Å². The normalized spacial score (nSPS) is 10.8. The molecule has 0 atom stereocenters. The third kappa shape index (κ3) is 3.13. The zero-order valence-electron chi connectivity index (χ0n) is 9.96. The number of aromatic carboxylic acids is 1. The molecule has 1 aromatic carbocycles. The van der Waals surface area contributed by atoms with E-state index in [1.54, 1.807) is 6.07 Å². The molecule has 0 aliphatic rings. The fourth-order valence-electron chi connectivity index (χ4n) is 1.57. The minimum atomic E-state index is -2.72. The van der Waals surface area contributed by atoms with E-state index < -0.39 is 12.5 Å². The highest BCUT2D eigenvalue weighted by molar-refractivity contribution is 9.10. The van der Waals surface area contributed by atoms with E-state index in [0.717, 1.165) is 6.20 Å². The van der Waals surface area contributed by atoms with Crippen LogP contribution in [0.25, 0.3) is 0 Å². The maximum Gasteiger partial charge on any atom is 0.339 e. The monoisotopic (exact) mass is 346 g/mol. The van der Waals surface area contributed by atoms with E-state index >= 15 is 0 Å². The lowest BCUT2D eigenvalue weighted by molar-refractivity contribution is 0.0623. The van der Waals surface area contributed by atoms with Gasteiger partial charge in [-0.15, -0.1) is 0 Å². The number of aromatic nitrogens is 2. The van der Waals surface area contributed by atoms with Crippen molar-refractivity contribution in [2.24, 2.45) is 0 Å². The molecule has 1 aromatic heterocycles. The minimum Gasteiger partial charge on any atom is -0.485 e. The quantitative estimate of drug-likeness (QED) is 0.901. The number of rotatable bonds is 5. The number of hydrogen-bond donors (Lipinski definition) is 1. The molecule has 1 heterocycles. The third-order valence-electron chi connectivity index (χ3n) is 2.49. The number of imidazole rings is 1. The van der Waals surface area contributed by atoms with Crippen molar-refractivity contribution in [1.29, 1.82) is 0 Å². The first-order chi connectivity index (χ1) is 9.49. The molecule has 5 nitrogen and oxygen atoms in total. The SMILES string of the molecule is O=C(O)c1ccc(Br)cc1OCc1nccn1C(F)F. The van der Waals surface area contributed by atoms with Crippen LogP contribution in [0.5, 0.6) is 5.75 Å². The number of alkyl halides is 2. The number of halogens is 3. The number of carbonyl (C=O) groups is 1. The molecule has 0 saturated carbocycles. The number of nitrogens with zero attached hydrogens (tertiary/aromatic N) is 2. The van der Waals surface area contributed by atoms with E-state index in [9.17, 15) is 13.6 Å². The van der Waals surface area contributed by atoms with Crippen LogP contribution in [-0.4, -0.2) is 20.6 Å². The summed E-state index contributed by atoms with van der Waals surface area (Å²) in [5.41, 5.74) is -0.0525. The van der Waals surface area contributed by atoms with Crippen molar-refractivity contribution in [2.75, 3.05) is 0 Å². The smallest absolute Gasteiger partial charge is 0.339 e. The molecule has 0 aliphatic heterocycles. The lowest BCUT2D eigenvalue weighted by Crippen LogP contribution is -2.09. The Morgan fingerprint density at radius 2 is 2.25 bits per heavy atom. The zero-order valence-corrected chi connectivity index (χ0v) is 11.5. The number of hydrogen-bond acceptors (Lipinski definition) is 3. The van der Waals surface area contributed by atoms with Crippen LogP contribution in [0.2, 0.25) is 0 Å². The summed E-state index contributed by atoms with van der Waals surface area (Å²) in [6, 6.07) is 4.37. The second kappa shape index (κ2) is 6.00. The molecule has 0 radical (unpaired) electrons. The van der Waals surface area contributed by atoms with Crippen molar-refractivity contribution in [1.82, 2.24) is 9.55 Å². The van der Waals surface area contributed by atoms with Gasteiger partial charge in [0.25, 0.3) is 0 Å². The van der Waals surface area contributed by atoms with Gasteiger partial charge < -0.3 is 9.84 Å². The summed E-state index contributed by atoms with van der Waals surface area (Å²) < 4.78 is 31.8. The molecule has 8 heteroatoms. The summed E-state index contributed by atoms with van der Waals surface area (Å²) in [5.74, 6) is -1.07. The molecule has 0 fully saturated rings. The number of benzene rings is 1. The molecular weight excluding hydrogens is 338 g/mol. The number of ether oxygens (including phenoxy) is 1. The Bertz CT molecular complexity index is 631. The highest BCUT2D eigenvalue weighted by Gasteiger charge is 2.15. The summed E-state index contributed by atoms with van der Waals surface area (Å²) in [5, 5.41) is 9.02. The van der Waals surface area contributed by atoms with Crippen molar-refractivity contribution in [3.8, 4) is 5.75 Å². The van der Waals surface area contributed by atoms with Gasteiger partial charge in [0.1, 0.15) is 17.9 Å². The van der Waals surface area contributed by atoms with E-state index in [1.165, 1.54) is 18.3 Å². The van der Waals surface area contributed by atoms with Crippen LogP contribution in [0.4, 0.5) is 8.78 Å². The van der Waals surface area contributed by atoms with E-state index in [2.05, 4.69) is 20.9 Å². The summed E-state index contributed by atoms with van der Waals surface area (Å²) in [4.78, 5) is 14.8. The summed E-state index contributed by atoms with van der Waals surface area (Å²) >= 11 is 3.19. The fourth-order valence-corrected chi connectivity index (χ4v) is 1.91. The van der Waals surface area contributed by atoms with Crippen LogP contribution >= 0.6 is 15.9 Å². The van der Waals surface area contributed by atoms with Crippen molar-refractivity contribution in [2.45, 2.75) is 13.2 Å². The predicted molar refractivity (Wildman–Crippen MR) is 68.9 cm³/mol. The van der Waals surface area contributed by atoms with Crippen LogP contribution in [-0.2, 0) is 6.61 Å². The largest absolute Gasteiger partial charge is 0.485 e. The topological polar surface area (TPSA) is 64.3 Å². The van der Waals surface area contributed by atoms with Crippen molar-refractivity contribution in [3.05, 3.63) is 46.5 Å². The molecule has 1 N–H and O–H groups in total. The third-order valence-corrected chi connectivity index (χ3v) is 2.98. The van der Waals surface area contributed by atoms with Gasteiger partial charge in [-0.05, 0) is 18.2 Å². The Labute approximate surface area is 120 Å². The first-order valence-electron chi connectivity index (χ1n) is 5.44. The van der Waals surface area contributed by atoms with Crippen LogP contribution in [0.3, 0.4) is 0 Å². The maximum atomic E-state index is 12.6. The molecule has 2 aromatic rings. The Kier molecular flexibility index (Phi) is 4.33. The predicted octanol–water partition coefficient (Wildman–Crippen LogP) is 3.32. The van der Waals surface area contributed by atoms with E-state index in [1.807, 2.05) is 0 Å². The molecular formula is C12H9BrF2N2O3. The van der Waals surface area contributed by atoms with E-state index in [4.69, 9.17) is 9.84 Å². The maximum absolute atomic E-state index is 12.6. The number of carboxylic acid groups (broad SMARTS) is 1. The van der Waals surface area contributed by atoms with Crippen molar-refractivity contribution in [3.63, 3.8) is 0 Å². The van der Waals surface area contributed by atoms with E-state index in [0.29, 0.717) is 9.04 Å². The molecule has 0 aliphatic carbocycles. The highest BCUT2D eigenvalue weighted by atomic mass is 79.9. The highest BCUT2D eigenvalue weighted by Crippen LogP contribution is 2.25. The lowest BCUT2D eigenvalue weighted by atomic mass is 10.2. The molecule has 0 unspecified atom stereocenters. The molecule has 0 bridgehead atoms. The molecule has 0 saturated heterocycles. The molecule has 2 rings (SSSR count). The second-order valence-electron chi connectivity index (χ2n) is 3.76.